The molecule has 0 saturated carbocycles. The molecule has 0 heterocycles. The minimum absolute atomic E-state index is 0.261. The lowest BCUT2D eigenvalue weighted by Gasteiger charge is -2.14. The Labute approximate surface area is 107 Å². The van der Waals surface area contributed by atoms with E-state index in [1.165, 1.54) is 7.11 Å². The molecule has 0 atom stereocenters. The molecule has 1 aromatic carbocycles. The number of methoxy groups -OCH3 is 1. The summed E-state index contributed by atoms with van der Waals surface area (Å²) in [6.45, 7) is 5.92. The van der Waals surface area contributed by atoms with E-state index in [0.717, 1.165) is 0 Å². The number of nitrogens with one attached hydrogen (secondary N) is 1. The Hall–Kier alpha value is -1.78. The number of carbonyl (C=O) groups excluding carboxylic acids is 1. The molecule has 0 aliphatic carbocycles. The molecule has 5 heteroatoms. The first-order chi connectivity index (χ1) is 8.35. The van der Waals surface area contributed by atoms with Crippen LogP contribution < -0.4 is 10.1 Å². The van der Waals surface area contributed by atoms with Crippen molar-refractivity contribution >= 4 is 12.2 Å². The van der Waals surface area contributed by atoms with Gasteiger partial charge < -0.3 is 14.8 Å². The van der Waals surface area contributed by atoms with Crippen molar-refractivity contribution in [2.45, 2.75) is 26.4 Å². The number of carbonyl (C=O) groups is 1. The second-order valence-corrected chi connectivity index (χ2v) is 4.40. The fourth-order valence-electron chi connectivity index (χ4n) is 1.01. The van der Waals surface area contributed by atoms with Crippen LogP contribution in [-0.2, 0) is 9.53 Å². The van der Waals surface area contributed by atoms with Gasteiger partial charge in [-0.25, -0.2) is 4.39 Å². The quantitative estimate of drug-likeness (QED) is 0.846. The first kappa shape index (κ1) is 16.2. The fourth-order valence-corrected chi connectivity index (χ4v) is 1.01. The van der Waals surface area contributed by atoms with Crippen molar-refractivity contribution in [1.82, 2.24) is 0 Å². The minimum atomic E-state index is -0.350. The van der Waals surface area contributed by atoms with Gasteiger partial charge in [0.2, 0.25) is 0 Å². The summed E-state index contributed by atoms with van der Waals surface area (Å²) in [6, 6.07) is 4.96. The maximum atomic E-state index is 13.1. The first-order valence-corrected chi connectivity index (χ1v) is 5.47. The topological polar surface area (TPSA) is 47.6 Å². The highest BCUT2D eigenvalue weighted by molar-refractivity contribution is 5.49. The van der Waals surface area contributed by atoms with Gasteiger partial charge in [0.1, 0.15) is 5.60 Å². The first-order valence-electron chi connectivity index (χ1n) is 5.47. The van der Waals surface area contributed by atoms with Gasteiger partial charge in [-0.2, -0.15) is 0 Å². The van der Waals surface area contributed by atoms with Gasteiger partial charge in [-0.05, 0) is 32.9 Å². The Morgan fingerprint density at radius 2 is 1.94 bits per heavy atom. The van der Waals surface area contributed by atoms with Gasteiger partial charge in [-0.15, -0.1) is 0 Å². The molecule has 0 aliphatic rings. The third kappa shape index (κ3) is 6.08. The largest absolute Gasteiger partial charge is 0.494 e. The van der Waals surface area contributed by atoms with Crippen LogP contribution in [0.1, 0.15) is 20.8 Å². The lowest BCUT2D eigenvalue weighted by atomic mass is 10.2. The summed E-state index contributed by atoms with van der Waals surface area (Å²) in [7, 11) is 3.11. The van der Waals surface area contributed by atoms with Crippen LogP contribution >= 0.6 is 0 Å². The molecular formula is C13H20FNO3. The summed E-state index contributed by atoms with van der Waals surface area (Å²) in [5.41, 5.74) is 0.131. The average Bonchev–Trinajstić information content (AvgIpc) is 2.28. The SMILES string of the molecule is CC(C)(C)OC=O.CNc1cccc(OC)c1F. The number of hydrogen-bond donors (Lipinski definition) is 1. The molecule has 0 radical (unpaired) electrons. The van der Waals surface area contributed by atoms with E-state index in [9.17, 15) is 9.18 Å². The molecule has 0 spiro atoms. The van der Waals surface area contributed by atoms with Crippen LogP contribution in [0.4, 0.5) is 10.1 Å². The summed E-state index contributed by atoms with van der Waals surface area (Å²) in [5, 5.41) is 2.71. The second-order valence-electron chi connectivity index (χ2n) is 4.40. The van der Waals surface area contributed by atoms with E-state index >= 15 is 0 Å². The van der Waals surface area contributed by atoms with Gasteiger partial charge in [0, 0.05) is 7.05 Å². The van der Waals surface area contributed by atoms with E-state index in [1.807, 2.05) is 20.8 Å². The number of halogens is 1. The van der Waals surface area contributed by atoms with E-state index in [2.05, 4.69) is 10.1 Å². The highest BCUT2D eigenvalue weighted by Crippen LogP contribution is 2.22. The van der Waals surface area contributed by atoms with Crippen molar-refractivity contribution in [2.75, 3.05) is 19.5 Å². The lowest BCUT2D eigenvalue weighted by Crippen LogP contribution is -2.17. The summed E-state index contributed by atoms with van der Waals surface area (Å²) >= 11 is 0. The second kappa shape index (κ2) is 7.53. The Morgan fingerprint density at radius 3 is 2.28 bits per heavy atom. The predicted octanol–water partition coefficient (Wildman–Crippen LogP) is 2.83. The van der Waals surface area contributed by atoms with E-state index in [0.29, 0.717) is 12.2 Å². The minimum Gasteiger partial charge on any atom is -0.494 e. The summed E-state index contributed by atoms with van der Waals surface area (Å²) in [6.07, 6.45) is 0. The maximum Gasteiger partial charge on any atom is 0.293 e. The lowest BCUT2D eigenvalue weighted by molar-refractivity contribution is -0.138. The molecule has 1 N–H and O–H groups in total. The van der Waals surface area contributed by atoms with Gasteiger partial charge in [0.15, 0.2) is 11.6 Å². The summed E-state index contributed by atoms with van der Waals surface area (Å²) in [5.74, 6) is -0.0886. The van der Waals surface area contributed by atoms with Crippen LogP contribution in [-0.4, -0.2) is 26.2 Å². The van der Waals surface area contributed by atoms with Gasteiger partial charge in [0.05, 0.1) is 12.8 Å². The molecule has 0 fully saturated rings. The Morgan fingerprint density at radius 1 is 1.33 bits per heavy atom. The molecule has 0 bridgehead atoms. The molecule has 1 aromatic rings. The Balaban J connectivity index is 0.000000360. The Bertz CT molecular complexity index is 353. The standard InChI is InChI=1S/C8H10FNO.C5H10O2/c1-10-6-4-3-5-7(11-2)8(6)9;1-5(2,3)7-4-6/h3-5,10H,1-2H3;4H,1-3H3. The van der Waals surface area contributed by atoms with Crippen molar-refractivity contribution in [2.24, 2.45) is 0 Å². The van der Waals surface area contributed by atoms with Crippen molar-refractivity contribution in [3.05, 3.63) is 24.0 Å². The van der Waals surface area contributed by atoms with Crippen LogP contribution in [0, 0.1) is 5.82 Å². The number of ether oxygens (including phenoxy) is 2. The number of anilines is 1. The third-order valence-corrected chi connectivity index (χ3v) is 1.85. The molecule has 0 amide bonds. The van der Waals surface area contributed by atoms with Gasteiger partial charge in [-0.3, -0.25) is 4.79 Å². The van der Waals surface area contributed by atoms with E-state index in [1.54, 1.807) is 25.2 Å². The highest BCUT2D eigenvalue weighted by Gasteiger charge is 2.07. The summed E-state index contributed by atoms with van der Waals surface area (Å²) in [4.78, 5) is 9.60. The van der Waals surface area contributed by atoms with Crippen LogP contribution in [0.3, 0.4) is 0 Å². The number of benzene rings is 1. The Kier molecular flexibility index (Phi) is 6.78. The average molecular weight is 257 g/mol. The highest BCUT2D eigenvalue weighted by atomic mass is 19.1. The molecule has 1 rings (SSSR count). The predicted molar refractivity (Wildman–Crippen MR) is 69.4 cm³/mol. The van der Waals surface area contributed by atoms with Crippen LogP contribution in [0.5, 0.6) is 5.75 Å². The smallest absolute Gasteiger partial charge is 0.293 e. The van der Waals surface area contributed by atoms with Gasteiger partial charge in [0.25, 0.3) is 6.47 Å². The molecule has 0 aromatic heterocycles. The van der Waals surface area contributed by atoms with Crippen LogP contribution in [0.15, 0.2) is 18.2 Å². The molecular weight excluding hydrogens is 237 g/mol. The summed E-state index contributed by atoms with van der Waals surface area (Å²) < 4.78 is 22.4. The number of hydrogen-bond acceptors (Lipinski definition) is 4. The van der Waals surface area contributed by atoms with E-state index < -0.39 is 0 Å². The van der Waals surface area contributed by atoms with Crippen LogP contribution in [0.25, 0.3) is 0 Å². The molecule has 0 unspecified atom stereocenters. The zero-order valence-electron chi connectivity index (χ0n) is 11.4. The number of rotatable bonds is 3. The normalized spacial score (nSPS) is 9.89. The molecule has 18 heavy (non-hydrogen) atoms. The third-order valence-electron chi connectivity index (χ3n) is 1.85. The maximum absolute atomic E-state index is 13.1. The van der Waals surface area contributed by atoms with E-state index in [4.69, 9.17) is 4.74 Å². The zero-order valence-corrected chi connectivity index (χ0v) is 11.4. The zero-order chi connectivity index (χ0) is 14.2. The molecule has 0 aliphatic heterocycles. The molecule has 4 nitrogen and oxygen atoms in total. The molecule has 0 saturated heterocycles. The monoisotopic (exact) mass is 257 g/mol. The van der Waals surface area contributed by atoms with E-state index in [-0.39, 0.29) is 17.2 Å². The van der Waals surface area contributed by atoms with Crippen molar-refractivity contribution in [3.8, 4) is 5.75 Å². The molecule has 102 valence electrons. The van der Waals surface area contributed by atoms with Crippen LogP contribution in [0.2, 0.25) is 0 Å². The van der Waals surface area contributed by atoms with Gasteiger partial charge >= 0.3 is 0 Å². The van der Waals surface area contributed by atoms with Crippen molar-refractivity contribution < 1.29 is 18.7 Å². The van der Waals surface area contributed by atoms with Crippen molar-refractivity contribution in [1.29, 1.82) is 0 Å². The van der Waals surface area contributed by atoms with Crippen molar-refractivity contribution in [3.63, 3.8) is 0 Å². The van der Waals surface area contributed by atoms with Gasteiger partial charge in [-0.1, -0.05) is 6.07 Å². The fraction of sp³-hybridized carbons (Fsp3) is 0.462.